The summed E-state index contributed by atoms with van der Waals surface area (Å²) >= 11 is 6.88. The number of thiocarbonyl (C=S) groups is 1. The number of nitrogens with one attached hydrogen (secondary N) is 1. The van der Waals surface area contributed by atoms with Crippen molar-refractivity contribution in [3.63, 3.8) is 0 Å². The number of aromatic nitrogens is 1. The van der Waals surface area contributed by atoms with Crippen LogP contribution in [-0.2, 0) is 11.3 Å². The number of methoxy groups -OCH3 is 1. The molecule has 0 radical (unpaired) electrons. The van der Waals surface area contributed by atoms with E-state index in [1.54, 1.807) is 7.11 Å². The van der Waals surface area contributed by atoms with Crippen molar-refractivity contribution in [3.05, 3.63) is 34.3 Å². The predicted molar refractivity (Wildman–Crippen MR) is 109 cm³/mol. The van der Waals surface area contributed by atoms with Gasteiger partial charge in [0.1, 0.15) is 11.1 Å². The molecule has 25 heavy (non-hydrogen) atoms. The van der Waals surface area contributed by atoms with Gasteiger partial charge in [-0.3, -0.25) is 0 Å². The molecular formula is C18H25N3O2S2. The quantitative estimate of drug-likeness (QED) is 0.798. The first-order valence-electron chi connectivity index (χ1n) is 8.29. The van der Waals surface area contributed by atoms with Crippen molar-refractivity contribution in [1.82, 2.24) is 10.3 Å². The Hall–Kier alpha value is -1.54. The molecule has 1 unspecified atom stereocenters. The first kappa shape index (κ1) is 19.8. The number of ether oxygens (including phenoxy) is 1. The van der Waals surface area contributed by atoms with Crippen molar-refractivity contribution in [2.24, 2.45) is 0 Å². The van der Waals surface area contributed by atoms with E-state index in [2.05, 4.69) is 5.32 Å². The number of β-amino-alcohol motifs (C(OH)–C–C–N with tert-alkyl or cyclic N) is 1. The van der Waals surface area contributed by atoms with Crippen LogP contribution in [0, 0.1) is 0 Å². The third-order valence-corrected chi connectivity index (χ3v) is 5.43. The SMILES string of the molecule is CC.COC(=S)c1cc(N(C)C)ccc1-c1nc2c(s1)C(O)CNC2. The van der Waals surface area contributed by atoms with Crippen LogP contribution in [0.2, 0.25) is 0 Å². The molecule has 3 rings (SSSR count). The van der Waals surface area contributed by atoms with Crippen molar-refractivity contribution in [3.8, 4) is 10.6 Å². The molecule has 2 heterocycles. The molecule has 0 spiro atoms. The van der Waals surface area contributed by atoms with Crippen molar-refractivity contribution in [2.75, 3.05) is 32.6 Å². The summed E-state index contributed by atoms with van der Waals surface area (Å²) < 4.78 is 5.28. The molecule has 0 fully saturated rings. The van der Waals surface area contributed by atoms with Crippen molar-refractivity contribution >= 4 is 34.3 Å². The molecule has 2 aromatic rings. The van der Waals surface area contributed by atoms with Gasteiger partial charge in [0, 0.05) is 44.0 Å². The number of hydrogen-bond acceptors (Lipinski definition) is 7. The molecule has 0 aliphatic carbocycles. The zero-order chi connectivity index (χ0) is 18.6. The summed E-state index contributed by atoms with van der Waals surface area (Å²) in [5, 5.41) is 14.6. The second-order valence-electron chi connectivity index (χ2n) is 5.59. The smallest absolute Gasteiger partial charge is 0.191 e. The number of fused-ring (bicyclic) bond motifs is 1. The molecule has 0 saturated carbocycles. The highest BCUT2D eigenvalue weighted by Crippen LogP contribution is 2.36. The van der Waals surface area contributed by atoms with Gasteiger partial charge in [0.15, 0.2) is 5.05 Å². The highest BCUT2D eigenvalue weighted by atomic mass is 32.1. The zero-order valence-electron chi connectivity index (χ0n) is 15.3. The van der Waals surface area contributed by atoms with E-state index in [9.17, 15) is 5.11 Å². The van der Waals surface area contributed by atoms with E-state index < -0.39 is 6.10 Å². The lowest BCUT2D eigenvalue weighted by atomic mass is 10.1. The highest BCUT2D eigenvalue weighted by molar-refractivity contribution is 7.80. The van der Waals surface area contributed by atoms with Crippen LogP contribution < -0.4 is 10.2 Å². The van der Waals surface area contributed by atoms with Crippen molar-refractivity contribution in [2.45, 2.75) is 26.5 Å². The topological polar surface area (TPSA) is 57.6 Å². The molecule has 1 atom stereocenters. The summed E-state index contributed by atoms with van der Waals surface area (Å²) in [6.45, 7) is 5.25. The summed E-state index contributed by atoms with van der Waals surface area (Å²) in [6.07, 6.45) is -0.496. The minimum Gasteiger partial charge on any atom is -0.486 e. The maximum Gasteiger partial charge on any atom is 0.191 e. The van der Waals surface area contributed by atoms with Gasteiger partial charge in [-0.1, -0.05) is 13.8 Å². The minimum atomic E-state index is -0.496. The number of anilines is 1. The fourth-order valence-corrected chi connectivity index (χ4v) is 3.84. The first-order valence-corrected chi connectivity index (χ1v) is 9.52. The van der Waals surface area contributed by atoms with Crippen LogP contribution >= 0.6 is 23.6 Å². The van der Waals surface area contributed by atoms with Crippen LogP contribution in [0.1, 0.15) is 36.1 Å². The standard InChI is InChI=1S/C16H19N3O2S2.C2H6/c1-19(2)9-4-5-10(11(6-9)16(22)21-3)15-18-12-7-17-8-13(20)14(12)23-15;1-2/h4-6,13,17,20H,7-8H2,1-3H3;1-2H3. The molecule has 5 nitrogen and oxygen atoms in total. The molecule has 0 saturated heterocycles. The molecule has 2 N–H and O–H groups in total. The van der Waals surface area contributed by atoms with Crippen LogP contribution in [0.4, 0.5) is 5.69 Å². The Morgan fingerprint density at radius 1 is 1.40 bits per heavy atom. The van der Waals surface area contributed by atoms with Gasteiger partial charge in [-0.25, -0.2) is 4.98 Å². The Morgan fingerprint density at radius 2 is 2.12 bits per heavy atom. The number of benzene rings is 1. The molecule has 1 aromatic heterocycles. The van der Waals surface area contributed by atoms with Crippen LogP contribution in [0.25, 0.3) is 10.6 Å². The number of rotatable bonds is 3. The minimum absolute atomic E-state index is 0.440. The Balaban J connectivity index is 0.00000109. The van der Waals surface area contributed by atoms with Gasteiger partial charge in [0.05, 0.1) is 17.7 Å². The summed E-state index contributed by atoms with van der Waals surface area (Å²) in [5.74, 6) is 0. The van der Waals surface area contributed by atoms with Crippen molar-refractivity contribution < 1.29 is 9.84 Å². The molecular weight excluding hydrogens is 354 g/mol. The van der Waals surface area contributed by atoms with E-state index in [-0.39, 0.29) is 0 Å². The van der Waals surface area contributed by atoms with Gasteiger partial charge < -0.3 is 20.1 Å². The third-order valence-electron chi connectivity index (χ3n) is 3.82. The number of aliphatic hydroxyl groups excluding tert-OH is 1. The molecule has 136 valence electrons. The number of thiazole rings is 1. The van der Waals surface area contributed by atoms with Crippen LogP contribution in [-0.4, -0.2) is 42.9 Å². The molecule has 0 bridgehead atoms. The molecule has 1 aliphatic heterocycles. The molecule has 1 aliphatic rings. The maximum atomic E-state index is 10.1. The van der Waals surface area contributed by atoms with Gasteiger partial charge in [-0.15, -0.1) is 11.3 Å². The van der Waals surface area contributed by atoms with E-state index in [1.165, 1.54) is 11.3 Å². The second kappa shape index (κ2) is 8.71. The molecule has 0 amide bonds. The zero-order valence-corrected chi connectivity index (χ0v) is 16.9. The Morgan fingerprint density at radius 3 is 2.72 bits per heavy atom. The highest BCUT2D eigenvalue weighted by Gasteiger charge is 2.24. The van der Waals surface area contributed by atoms with Gasteiger partial charge in [0.2, 0.25) is 0 Å². The normalized spacial score (nSPS) is 15.7. The number of nitrogens with zero attached hydrogens (tertiary/aromatic N) is 2. The number of hydrogen-bond donors (Lipinski definition) is 2. The van der Waals surface area contributed by atoms with Crippen LogP contribution in [0.3, 0.4) is 0 Å². The average Bonchev–Trinajstić information content (AvgIpc) is 3.07. The van der Waals surface area contributed by atoms with E-state index in [4.69, 9.17) is 21.9 Å². The van der Waals surface area contributed by atoms with E-state index in [0.29, 0.717) is 18.1 Å². The Labute approximate surface area is 158 Å². The lowest BCUT2D eigenvalue weighted by Crippen LogP contribution is -2.26. The lowest BCUT2D eigenvalue weighted by molar-refractivity contribution is 0.168. The predicted octanol–water partition coefficient (Wildman–Crippen LogP) is 3.36. The van der Waals surface area contributed by atoms with E-state index in [0.717, 1.165) is 32.4 Å². The second-order valence-corrected chi connectivity index (χ2v) is 6.99. The monoisotopic (exact) mass is 379 g/mol. The summed E-state index contributed by atoms with van der Waals surface area (Å²) in [4.78, 5) is 7.65. The van der Waals surface area contributed by atoms with E-state index >= 15 is 0 Å². The van der Waals surface area contributed by atoms with E-state index in [1.807, 2.05) is 51.0 Å². The van der Waals surface area contributed by atoms with Crippen LogP contribution in [0.5, 0.6) is 0 Å². The molecule has 7 heteroatoms. The lowest BCUT2D eigenvalue weighted by Gasteiger charge is -2.16. The maximum absolute atomic E-state index is 10.1. The van der Waals surface area contributed by atoms with Gasteiger partial charge >= 0.3 is 0 Å². The summed E-state index contributed by atoms with van der Waals surface area (Å²) in [5.41, 5.74) is 3.75. The van der Waals surface area contributed by atoms with Crippen LogP contribution in [0.15, 0.2) is 18.2 Å². The van der Waals surface area contributed by atoms with Gasteiger partial charge in [-0.05, 0) is 30.4 Å². The first-order chi connectivity index (χ1) is 12.0. The third kappa shape index (κ3) is 4.17. The summed E-state index contributed by atoms with van der Waals surface area (Å²) in [7, 11) is 5.55. The fraction of sp³-hybridized carbons (Fsp3) is 0.444. The van der Waals surface area contributed by atoms with Crippen molar-refractivity contribution in [1.29, 1.82) is 0 Å². The van der Waals surface area contributed by atoms with Gasteiger partial charge in [-0.2, -0.15) is 0 Å². The largest absolute Gasteiger partial charge is 0.486 e. The average molecular weight is 380 g/mol. The Kier molecular flexibility index (Phi) is 6.89. The molecule has 1 aromatic carbocycles. The number of aliphatic hydroxyl groups is 1. The fourth-order valence-electron chi connectivity index (χ4n) is 2.56. The summed E-state index contributed by atoms with van der Waals surface area (Å²) in [6, 6.07) is 6.06. The van der Waals surface area contributed by atoms with Gasteiger partial charge in [0.25, 0.3) is 0 Å². The Bertz CT molecular complexity index is 744.